The molecule has 0 unspecified atom stereocenters. The predicted octanol–water partition coefficient (Wildman–Crippen LogP) is 4.63. The number of imidazole rings is 1. The summed E-state index contributed by atoms with van der Waals surface area (Å²) in [5, 5.41) is 1.06. The SMILES string of the molecule is Fc1ccc(-c2c(-c3ccnc4ccccc34)ncn2CCCN2CCOCC2)cc1. The second-order valence-electron chi connectivity index (χ2n) is 7.83. The molecule has 1 aliphatic rings. The molecule has 0 radical (unpaired) electrons. The van der Waals surface area contributed by atoms with Crippen LogP contribution in [0.15, 0.2) is 67.1 Å². The zero-order valence-electron chi connectivity index (χ0n) is 17.4. The first-order valence-electron chi connectivity index (χ1n) is 10.7. The number of rotatable bonds is 6. The van der Waals surface area contributed by atoms with Gasteiger partial charge in [-0.1, -0.05) is 18.2 Å². The summed E-state index contributed by atoms with van der Waals surface area (Å²) in [7, 11) is 0. The Bertz CT molecular complexity index is 1160. The third-order valence-electron chi connectivity index (χ3n) is 5.84. The standard InChI is InChI=1S/C25H25FN4O/c26-20-8-6-19(7-9-20)25-24(22-10-11-27-23-5-2-1-4-21(22)23)28-18-30(25)13-3-12-29-14-16-31-17-15-29/h1-2,4-11,18H,3,12-17H2. The lowest BCUT2D eigenvalue weighted by Crippen LogP contribution is -2.37. The highest BCUT2D eigenvalue weighted by atomic mass is 19.1. The number of nitrogens with zero attached hydrogens (tertiary/aromatic N) is 4. The van der Waals surface area contributed by atoms with Crippen molar-refractivity contribution in [2.45, 2.75) is 13.0 Å². The molecule has 6 heteroatoms. The monoisotopic (exact) mass is 416 g/mol. The average molecular weight is 417 g/mol. The van der Waals surface area contributed by atoms with Gasteiger partial charge in [-0.05, 0) is 42.8 Å². The molecule has 0 spiro atoms. The minimum Gasteiger partial charge on any atom is -0.379 e. The normalized spacial score (nSPS) is 14.9. The number of benzene rings is 2. The fraction of sp³-hybridized carbons (Fsp3) is 0.280. The number of ether oxygens (including phenoxy) is 1. The van der Waals surface area contributed by atoms with E-state index in [1.807, 2.05) is 48.9 Å². The molecule has 0 amide bonds. The fourth-order valence-electron chi connectivity index (χ4n) is 4.25. The van der Waals surface area contributed by atoms with E-state index in [1.165, 1.54) is 12.1 Å². The van der Waals surface area contributed by atoms with Gasteiger partial charge in [-0.2, -0.15) is 0 Å². The first-order valence-corrected chi connectivity index (χ1v) is 10.7. The number of fused-ring (bicyclic) bond motifs is 1. The van der Waals surface area contributed by atoms with Crippen molar-refractivity contribution in [2.75, 3.05) is 32.8 Å². The van der Waals surface area contributed by atoms with Crippen LogP contribution in [-0.2, 0) is 11.3 Å². The van der Waals surface area contributed by atoms with E-state index in [-0.39, 0.29) is 5.82 Å². The quantitative estimate of drug-likeness (QED) is 0.460. The van der Waals surface area contributed by atoms with Crippen LogP contribution in [0.3, 0.4) is 0 Å². The van der Waals surface area contributed by atoms with Crippen molar-refractivity contribution in [3.8, 4) is 22.5 Å². The highest BCUT2D eigenvalue weighted by molar-refractivity contribution is 5.96. The van der Waals surface area contributed by atoms with E-state index in [0.29, 0.717) is 0 Å². The minimum absolute atomic E-state index is 0.238. The summed E-state index contributed by atoms with van der Waals surface area (Å²) in [5.74, 6) is -0.238. The Labute approximate surface area is 181 Å². The molecule has 5 nitrogen and oxygen atoms in total. The van der Waals surface area contributed by atoms with E-state index in [4.69, 9.17) is 9.72 Å². The first-order chi connectivity index (χ1) is 15.3. The van der Waals surface area contributed by atoms with Crippen LogP contribution in [0.4, 0.5) is 4.39 Å². The zero-order chi connectivity index (χ0) is 21.0. The maximum atomic E-state index is 13.6. The molecule has 2 aromatic heterocycles. The van der Waals surface area contributed by atoms with E-state index in [1.54, 1.807) is 0 Å². The van der Waals surface area contributed by atoms with E-state index in [0.717, 1.165) is 79.2 Å². The molecule has 0 bridgehead atoms. The fourth-order valence-corrected chi connectivity index (χ4v) is 4.25. The number of aromatic nitrogens is 3. The van der Waals surface area contributed by atoms with E-state index < -0.39 is 0 Å². The van der Waals surface area contributed by atoms with E-state index >= 15 is 0 Å². The van der Waals surface area contributed by atoms with Gasteiger partial charge in [0.1, 0.15) is 5.82 Å². The number of pyridine rings is 1. The Morgan fingerprint density at radius 1 is 0.903 bits per heavy atom. The van der Waals surface area contributed by atoms with Crippen LogP contribution >= 0.6 is 0 Å². The van der Waals surface area contributed by atoms with Crippen LogP contribution in [0.2, 0.25) is 0 Å². The average Bonchev–Trinajstić information content (AvgIpc) is 3.23. The summed E-state index contributed by atoms with van der Waals surface area (Å²) in [4.78, 5) is 11.7. The molecule has 4 aromatic rings. The minimum atomic E-state index is -0.238. The van der Waals surface area contributed by atoms with Crippen molar-refractivity contribution in [1.82, 2.24) is 19.4 Å². The van der Waals surface area contributed by atoms with Crippen molar-refractivity contribution in [3.05, 3.63) is 72.9 Å². The second kappa shape index (κ2) is 8.96. The van der Waals surface area contributed by atoms with Gasteiger partial charge >= 0.3 is 0 Å². The van der Waals surface area contributed by atoms with Crippen LogP contribution < -0.4 is 0 Å². The third-order valence-corrected chi connectivity index (χ3v) is 5.84. The van der Waals surface area contributed by atoms with Crippen molar-refractivity contribution < 1.29 is 9.13 Å². The van der Waals surface area contributed by atoms with Gasteiger partial charge in [-0.3, -0.25) is 9.88 Å². The Morgan fingerprint density at radius 3 is 2.55 bits per heavy atom. The van der Waals surface area contributed by atoms with Crippen molar-refractivity contribution >= 4 is 10.9 Å². The number of morpholine rings is 1. The first kappa shape index (κ1) is 19.8. The largest absolute Gasteiger partial charge is 0.379 e. The van der Waals surface area contributed by atoms with Crippen molar-refractivity contribution in [2.24, 2.45) is 0 Å². The number of aryl methyl sites for hydroxylation is 1. The molecule has 2 aromatic carbocycles. The summed E-state index contributed by atoms with van der Waals surface area (Å²) in [6, 6.07) is 16.8. The smallest absolute Gasteiger partial charge is 0.123 e. The molecule has 1 fully saturated rings. The molecule has 0 aliphatic carbocycles. The number of hydrogen-bond donors (Lipinski definition) is 0. The summed E-state index contributed by atoms with van der Waals surface area (Å²) in [6.07, 6.45) is 4.74. The van der Waals surface area contributed by atoms with Gasteiger partial charge in [0.05, 0.1) is 36.4 Å². The summed E-state index contributed by atoms with van der Waals surface area (Å²) in [5.41, 5.74) is 4.85. The van der Waals surface area contributed by atoms with Gasteiger partial charge in [0.15, 0.2) is 0 Å². The Hall–Kier alpha value is -3.09. The lowest BCUT2D eigenvalue weighted by molar-refractivity contribution is 0.0369. The number of hydrogen-bond acceptors (Lipinski definition) is 4. The molecule has 0 saturated carbocycles. The Balaban J connectivity index is 1.51. The van der Waals surface area contributed by atoms with Crippen molar-refractivity contribution in [1.29, 1.82) is 0 Å². The Kier molecular flexibility index (Phi) is 5.74. The molecule has 0 atom stereocenters. The lowest BCUT2D eigenvalue weighted by Gasteiger charge is -2.26. The predicted molar refractivity (Wildman–Crippen MR) is 120 cm³/mol. The van der Waals surface area contributed by atoms with Gasteiger partial charge in [0.25, 0.3) is 0 Å². The molecular weight excluding hydrogens is 391 g/mol. The molecule has 1 aliphatic heterocycles. The van der Waals surface area contributed by atoms with Gasteiger partial charge < -0.3 is 9.30 Å². The molecule has 1 saturated heterocycles. The molecular formula is C25H25FN4O. The van der Waals surface area contributed by atoms with Gasteiger partial charge in [-0.15, -0.1) is 0 Å². The number of halogens is 1. The maximum Gasteiger partial charge on any atom is 0.123 e. The zero-order valence-corrected chi connectivity index (χ0v) is 17.4. The van der Waals surface area contributed by atoms with E-state index in [9.17, 15) is 4.39 Å². The highest BCUT2D eigenvalue weighted by Gasteiger charge is 2.18. The lowest BCUT2D eigenvalue weighted by atomic mass is 10.0. The summed E-state index contributed by atoms with van der Waals surface area (Å²) < 4.78 is 21.3. The molecule has 158 valence electrons. The topological polar surface area (TPSA) is 43.2 Å². The van der Waals surface area contributed by atoms with Crippen LogP contribution in [0, 0.1) is 5.82 Å². The maximum absolute atomic E-state index is 13.6. The molecule has 0 N–H and O–H groups in total. The van der Waals surface area contributed by atoms with Crippen LogP contribution in [-0.4, -0.2) is 52.3 Å². The van der Waals surface area contributed by atoms with E-state index in [2.05, 4.69) is 20.5 Å². The van der Waals surface area contributed by atoms with Gasteiger partial charge in [-0.25, -0.2) is 9.37 Å². The van der Waals surface area contributed by atoms with Crippen LogP contribution in [0.25, 0.3) is 33.4 Å². The number of para-hydroxylation sites is 1. The van der Waals surface area contributed by atoms with Crippen molar-refractivity contribution in [3.63, 3.8) is 0 Å². The Morgan fingerprint density at radius 2 is 1.71 bits per heavy atom. The molecule has 5 rings (SSSR count). The van der Waals surface area contributed by atoms with Gasteiger partial charge in [0.2, 0.25) is 0 Å². The molecule has 31 heavy (non-hydrogen) atoms. The van der Waals surface area contributed by atoms with Crippen LogP contribution in [0.1, 0.15) is 6.42 Å². The summed E-state index contributed by atoms with van der Waals surface area (Å²) >= 11 is 0. The van der Waals surface area contributed by atoms with Gasteiger partial charge in [0, 0.05) is 48.9 Å². The summed E-state index contributed by atoms with van der Waals surface area (Å²) in [6.45, 7) is 5.47. The molecule has 3 heterocycles. The third kappa shape index (κ3) is 4.22. The second-order valence-corrected chi connectivity index (χ2v) is 7.83. The highest BCUT2D eigenvalue weighted by Crippen LogP contribution is 2.35. The van der Waals surface area contributed by atoms with Crippen LogP contribution in [0.5, 0.6) is 0 Å².